The second kappa shape index (κ2) is 12.1. The molecule has 2 aromatic rings. The highest BCUT2D eigenvalue weighted by molar-refractivity contribution is 6.32. The molecule has 4 rings (SSSR count). The third-order valence-electron chi connectivity index (χ3n) is 8.12. The third kappa shape index (κ3) is 6.13. The first kappa shape index (κ1) is 31.0. The number of halogens is 6. The molecule has 2 saturated heterocycles. The zero-order valence-electron chi connectivity index (χ0n) is 22.4. The zero-order valence-corrected chi connectivity index (χ0v) is 23.2. The number of pyridine rings is 1. The lowest BCUT2D eigenvalue weighted by Crippen LogP contribution is -2.63. The number of anilines is 1. The highest BCUT2D eigenvalue weighted by Gasteiger charge is 2.74. The van der Waals surface area contributed by atoms with E-state index in [2.05, 4.69) is 15.2 Å². The van der Waals surface area contributed by atoms with E-state index < -0.39 is 29.2 Å². The molecular formula is C28H32ClF5N4O3. The standard InChI is InChI=1S/C28H32ClF5N4O3/c1-35-24(39)21-7-8-22(36-23(21)29)37-13-9-18(10-14-37)17-19-11-15-38(16-12-19)25(40)26(41,20-5-3-2-4-6-20)27(30,31)28(32,33)34/h2-8,18-19,41H,9-17H2,1H3,(H,35,39). The van der Waals surface area contributed by atoms with Gasteiger partial charge in [-0.1, -0.05) is 41.9 Å². The molecule has 7 nitrogen and oxygen atoms in total. The SMILES string of the molecule is CNC(=O)c1ccc(N2CCC(CC3CCN(C(=O)C(O)(c4ccccc4)C(F)(F)C(F)(F)F)CC3)CC2)nc1Cl. The summed E-state index contributed by atoms with van der Waals surface area (Å²) in [5, 5.41) is 13.4. The van der Waals surface area contributed by atoms with Gasteiger partial charge < -0.3 is 20.2 Å². The number of carbonyl (C=O) groups excluding carboxylic acids is 2. The maximum atomic E-state index is 14.6. The first-order valence-electron chi connectivity index (χ1n) is 13.4. The summed E-state index contributed by atoms with van der Waals surface area (Å²) >= 11 is 6.18. The summed E-state index contributed by atoms with van der Waals surface area (Å²) in [7, 11) is 1.51. The van der Waals surface area contributed by atoms with Gasteiger partial charge in [0, 0.05) is 33.2 Å². The lowest BCUT2D eigenvalue weighted by atomic mass is 9.81. The van der Waals surface area contributed by atoms with E-state index in [0.29, 0.717) is 30.1 Å². The third-order valence-corrected chi connectivity index (χ3v) is 8.41. The van der Waals surface area contributed by atoms with Crippen LogP contribution >= 0.6 is 11.6 Å². The summed E-state index contributed by atoms with van der Waals surface area (Å²) in [5.41, 5.74) is -4.58. The molecule has 1 atom stereocenters. The van der Waals surface area contributed by atoms with Crippen molar-refractivity contribution in [3.05, 3.63) is 58.7 Å². The van der Waals surface area contributed by atoms with Crippen LogP contribution in [-0.4, -0.2) is 72.1 Å². The van der Waals surface area contributed by atoms with Crippen molar-refractivity contribution in [2.24, 2.45) is 11.8 Å². The Hall–Kier alpha value is -2.99. The van der Waals surface area contributed by atoms with Crippen molar-refractivity contribution >= 4 is 29.2 Å². The Morgan fingerprint density at radius 3 is 2.02 bits per heavy atom. The topological polar surface area (TPSA) is 85.8 Å². The number of alkyl halides is 5. The number of benzene rings is 1. The maximum absolute atomic E-state index is 14.6. The van der Waals surface area contributed by atoms with Crippen LogP contribution in [0, 0.1) is 11.8 Å². The van der Waals surface area contributed by atoms with E-state index in [1.54, 1.807) is 12.1 Å². The average Bonchev–Trinajstić information content (AvgIpc) is 2.96. The van der Waals surface area contributed by atoms with Gasteiger partial charge in [-0.05, 0) is 61.6 Å². The van der Waals surface area contributed by atoms with Crippen molar-refractivity contribution in [2.45, 2.75) is 49.8 Å². The lowest BCUT2D eigenvalue weighted by molar-refractivity contribution is -0.339. The number of nitrogens with zero attached hydrogens (tertiary/aromatic N) is 3. The van der Waals surface area contributed by atoms with Gasteiger partial charge in [-0.3, -0.25) is 9.59 Å². The molecule has 2 amide bonds. The van der Waals surface area contributed by atoms with Crippen LogP contribution in [0.5, 0.6) is 0 Å². The molecule has 2 fully saturated rings. The number of hydrogen-bond acceptors (Lipinski definition) is 5. The molecule has 0 aliphatic carbocycles. The van der Waals surface area contributed by atoms with Crippen molar-refractivity contribution in [1.82, 2.24) is 15.2 Å². The van der Waals surface area contributed by atoms with Gasteiger partial charge in [0.25, 0.3) is 11.8 Å². The van der Waals surface area contributed by atoms with E-state index in [1.807, 2.05) is 0 Å². The van der Waals surface area contributed by atoms with Gasteiger partial charge in [0.05, 0.1) is 5.56 Å². The van der Waals surface area contributed by atoms with Gasteiger partial charge in [-0.15, -0.1) is 0 Å². The van der Waals surface area contributed by atoms with Crippen LogP contribution in [0.4, 0.5) is 27.8 Å². The number of rotatable bonds is 7. The maximum Gasteiger partial charge on any atom is 0.457 e. The second-order valence-corrected chi connectivity index (χ2v) is 11.0. The molecule has 0 bridgehead atoms. The Labute approximate surface area is 239 Å². The van der Waals surface area contributed by atoms with Gasteiger partial charge in [0.1, 0.15) is 11.0 Å². The summed E-state index contributed by atoms with van der Waals surface area (Å²) in [6, 6.07) is 8.97. The molecule has 2 N–H and O–H groups in total. The number of carbonyl (C=O) groups is 2. The van der Waals surface area contributed by atoms with Gasteiger partial charge >= 0.3 is 12.1 Å². The first-order chi connectivity index (χ1) is 19.3. The number of aromatic nitrogens is 1. The molecule has 41 heavy (non-hydrogen) atoms. The van der Waals surface area contributed by atoms with E-state index >= 15 is 0 Å². The summed E-state index contributed by atoms with van der Waals surface area (Å²) in [5.74, 6) is -6.44. The summed E-state index contributed by atoms with van der Waals surface area (Å²) in [6.45, 7) is 1.40. The normalized spacial score (nSPS) is 19.1. The quantitative estimate of drug-likeness (QED) is 0.343. The second-order valence-electron chi connectivity index (χ2n) is 10.6. The molecule has 2 aliphatic rings. The fourth-order valence-electron chi connectivity index (χ4n) is 5.70. The predicted molar refractivity (Wildman–Crippen MR) is 143 cm³/mol. The molecule has 1 unspecified atom stereocenters. The fourth-order valence-corrected chi connectivity index (χ4v) is 5.93. The van der Waals surface area contributed by atoms with Crippen molar-refractivity contribution in [2.75, 3.05) is 38.1 Å². The molecule has 224 valence electrons. The molecule has 2 aliphatic heterocycles. The highest BCUT2D eigenvalue weighted by atomic mass is 35.5. The van der Waals surface area contributed by atoms with Crippen molar-refractivity contribution in [3.8, 4) is 0 Å². The van der Waals surface area contributed by atoms with Crippen LogP contribution in [0.25, 0.3) is 0 Å². The largest absolute Gasteiger partial charge is 0.457 e. The Kier molecular flexibility index (Phi) is 9.13. The average molecular weight is 603 g/mol. The van der Waals surface area contributed by atoms with Crippen LogP contribution < -0.4 is 10.2 Å². The number of hydrogen-bond donors (Lipinski definition) is 2. The van der Waals surface area contributed by atoms with E-state index in [-0.39, 0.29) is 30.1 Å². The smallest absolute Gasteiger partial charge is 0.370 e. The Morgan fingerprint density at radius 2 is 1.51 bits per heavy atom. The lowest BCUT2D eigenvalue weighted by Gasteiger charge is -2.42. The van der Waals surface area contributed by atoms with E-state index in [4.69, 9.17) is 11.6 Å². The Morgan fingerprint density at radius 1 is 0.951 bits per heavy atom. The number of aliphatic hydroxyl groups is 1. The van der Waals surface area contributed by atoms with Crippen LogP contribution in [0.2, 0.25) is 5.15 Å². The van der Waals surface area contributed by atoms with E-state index in [0.717, 1.165) is 49.4 Å². The first-order valence-corrected chi connectivity index (χ1v) is 13.8. The van der Waals surface area contributed by atoms with Crippen LogP contribution in [0.1, 0.15) is 48.0 Å². The molecule has 13 heteroatoms. The molecule has 3 heterocycles. The molecule has 1 aromatic heterocycles. The predicted octanol–water partition coefficient (Wildman–Crippen LogP) is 5.03. The van der Waals surface area contributed by atoms with Crippen LogP contribution in [0.15, 0.2) is 42.5 Å². The van der Waals surface area contributed by atoms with Crippen molar-refractivity contribution in [3.63, 3.8) is 0 Å². The number of piperidine rings is 2. The Balaban J connectivity index is 1.34. The van der Waals surface area contributed by atoms with Crippen molar-refractivity contribution < 1.29 is 36.6 Å². The minimum atomic E-state index is -6.13. The van der Waals surface area contributed by atoms with Crippen LogP contribution in [-0.2, 0) is 10.4 Å². The molecular weight excluding hydrogens is 571 g/mol. The van der Waals surface area contributed by atoms with Gasteiger partial charge in [0.15, 0.2) is 0 Å². The van der Waals surface area contributed by atoms with Gasteiger partial charge in [-0.25, -0.2) is 4.98 Å². The van der Waals surface area contributed by atoms with Gasteiger partial charge in [-0.2, -0.15) is 22.0 Å². The van der Waals surface area contributed by atoms with Crippen molar-refractivity contribution in [1.29, 1.82) is 0 Å². The summed E-state index contributed by atoms with van der Waals surface area (Å²) in [4.78, 5) is 32.3. The minimum Gasteiger partial charge on any atom is -0.370 e. The summed E-state index contributed by atoms with van der Waals surface area (Å²) < 4.78 is 69.4. The summed E-state index contributed by atoms with van der Waals surface area (Å²) in [6.07, 6.45) is -2.70. The zero-order chi connectivity index (χ0) is 30.0. The van der Waals surface area contributed by atoms with E-state index in [1.165, 1.54) is 25.2 Å². The highest BCUT2D eigenvalue weighted by Crippen LogP contribution is 2.49. The monoisotopic (exact) mass is 602 g/mol. The molecule has 0 saturated carbocycles. The number of nitrogens with one attached hydrogen (secondary N) is 1. The number of likely N-dealkylation sites (tertiary alicyclic amines) is 1. The fraction of sp³-hybridized carbons (Fsp3) is 0.536. The van der Waals surface area contributed by atoms with Crippen LogP contribution in [0.3, 0.4) is 0 Å². The molecule has 0 radical (unpaired) electrons. The minimum absolute atomic E-state index is 0.0223. The van der Waals surface area contributed by atoms with Gasteiger partial charge in [0.2, 0.25) is 5.60 Å². The number of amides is 2. The Bertz CT molecular complexity index is 1230. The molecule has 0 spiro atoms. The van der Waals surface area contributed by atoms with E-state index in [9.17, 15) is 36.6 Å². The molecule has 1 aromatic carbocycles.